The lowest BCUT2D eigenvalue weighted by Gasteiger charge is -2.18. The van der Waals surface area contributed by atoms with Gasteiger partial charge in [0.2, 0.25) is 5.91 Å². The van der Waals surface area contributed by atoms with Gasteiger partial charge in [-0.1, -0.05) is 43.2 Å². The number of hydrogen-bond donors (Lipinski definition) is 1. The first-order valence-corrected chi connectivity index (χ1v) is 10.0. The summed E-state index contributed by atoms with van der Waals surface area (Å²) in [5, 5.41) is 2.93. The molecule has 0 bridgehead atoms. The Morgan fingerprint density at radius 1 is 1.14 bits per heavy atom. The van der Waals surface area contributed by atoms with Gasteiger partial charge in [-0.2, -0.15) is 0 Å². The van der Waals surface area contributed by atoms with Gasteiger partial charge in [0.1, 0.15) is 12.4 Å². The molecule has 29 heavy (non-hydrogen) atoms. The van der Waals surface area contributed by atoms with Gasteiger partial charge in [-0.3, -0.25) is 9.59 Å². The second-order valence-corrected chi connectivity index (χ2v) is 7.32. The Balaban J connectivity index is 1.79. The van der Waals surface area contributed by atoms with E-state index >= 15 is 0 Å². The van der Waals surface area contributed by atoms with Crippen molar-refractivity contribution in [2.24, 2.45) is 0 Å². The predicted octanol–water partition coefficient (Wildman–Crippen LogP) is 3.53. The third kappa shape index (κ3) is 5.02. The molecule has 0 aliphatic rings. The summed E-state index contributed by atoms with van der Waals surface area (Å²) in [6.07, 6.45) is 2.02. The molecule has 0 fully saturated rings. The van der Waals surface area contributed by atoms with Crippen LogP contribution in [-0.2, 0) is 17.9 Å². The van der Waals surface area contributed by atoms with E-state index in [2.05, 4.69) is 17.2 Å². The maximum absolute atomic E-state index is 12.7. The number of carbonyl (C=O) groups excluding carboxylic acids is 2. The van der Waals surface area contributed by atoms with Crippen molar-refractivity contribution in [3.05, 3.63) is 65.5 Å². The number of benzene rings is 2. The summed E-state index contributed by atoms with van der Waals surface area (Å²) in [4.78, 5) is 31.6. The van der Waals surface area contributed by atoms with Gasteiger partial charge in [0.15, 0.2) is 0 Å². The summed E-state index contributed by atoms with van der Waals surface area (Å²) in [7, 11) is 1.83. The van der Waals surface area contributed by atoms with Crippen LogP contribution in [-0.4, -0.2) is 39.9 Å². The Labute approximate surface area is 171 Å². The molecule has 6 nitrogen and oxygen atoms in total. The molecule has 2 aromatic carbocycles. The molecule has 0 atom stereocenters. The summed E-state index contributed by atoms with van der Waals surface area (Å²) >= 11 is 0. The Morgan fingerprint density at radius 3 is 2.69 bits per heavy atom. The first kappa shape index (κ1) is 20.6. The van der Waals surface area contributed by atoms with Crippen molar-refractivity contribution >= 4 is 22.8 Å². The van der Waals surface area contributed by atoms with Crippen LogP contribution in [0.2, 0.25) is 0 Å². The molecule has 3 rings (SSSR count). The minimum absolute atomic E-state index is 0.0351. The molecule has 1 heterocycles. The molecule has 0 radical (unpaired) electrons. The summed E-state index contributed by atoms with van der Waals surface area (Å²) < 4.78 is 1.90. The van der Waals surface area contributed by atoms with Crippen LogP contribution in [0.3, 0.4) is 0 Å². The molecule has 0 saturated heterocycles. The lowest BCUT2D eigenvalue weighted by Crippen LogP contribution is -2.32. The number of amides is 2. The molecule has 1 aromatic heterocycles. The topological polar surface area (TPSA) is 67.2 Å². The molecule has 6 heteroatoms. The summed E-state index contributed by atoms with van der Waals surface area (Å²) in [6, 6.07) is 15.2. The van der Waals surface area contributed by atoms with Gasteiger partial charge in [-0.25, -0.2) is 4.98 Å². The number of likely N-dealkylation sites (N-methyl/N-ethyl adjacent to an activating group) is 1. The fourth-order valence-corrected chi connectivity index (χ4v) is 3.26. The number of fused-ring (bicyclic) bond motifs is 1. The van der Waals surface area contributed by atoms with Crippen LogP contribution in [0.4, 0.5) is 0 Å². The molecular weight excluding hydrogens is 364 g/mol. The maximum atomic E-state index is 12.7. The number of rotatable bonds is 8. The average molecular weight is 393 g/mol. The number of hydrogen-bond acceptors (Lipinski definition) is 3. The maximum Gasteiger partial charge on any atom is 0.251 e. The van der Waals surface area contributed by atoms with E-state index in [1.165, 1.54) is 0 Å². The van der Waals surface area contributed by atoms with Gasteiger partial charge in [0.05, 0.1) is 17.6 Å². The van der Waals surface area contributed by atoms with Crippen LogP contribution < -0.4 is 5.32 Å². The van der Waals surface area contributed by atoms with Crippen molar-refractivity contribution < 1.29 is 9.59 Å². The standard InChI is InChI=1S/C23H28N4O2/c1-4-5-13-26(3)22(28)16-27-20-12-7-6-11-19(20)25-21(27)15-24-23(29)18-10-8-9-17(2)14-18/h6-12,14H,4-5,13,15-16H2,1-3H3,(H,24,29). The van der Waals surface area contributed by atoms with Gasteiger partial charge < -0.3 is 14.8 Å². The largest absolute Gasteiger partial charge is 0.345 e. The van der Waals surface area contributed by atoms with E-state index in [0.717, 1.165) is 36.0 Å². The van der Waals surface area contributed by atoms with Crippen molar-refractivity contribution in [2.45, 2.75) is 39.8 Å². The normalized spacial score (nSPS) is 10.9. The monoisotopic (exact) mass is 392 g/mol. The van der Waals surface area contributed by atoms with Gasteiger partial charge in [0, 0.05) is 19.2 Å². The lowest BCUT2D eigenvalue weighted by molar-refractivity contribution is -0.130. The van der Waals surface area contributed by atoms with E-state index in [0.29, 0.717) is 11.4 Å². The summed E-state index contributed by atoms with van der Waals surface area (Å²) in [5.74, 6) is 0.552. The summed E-state index contributed by atoms with van der Waals surface area (Å²) in [6.45, 7) is 5.26. The van der Waals surface area contributed by atoms with Crippen molar-refractivity contribution in [1.29, 1.82) is 0 Å². The van der Waals surface area contributed by atoms with Gasteiger partial charge >= 0.3 is 0 Å². The van der Waals surface area contributed by atoms with Crippen LogP contribution >= 0.6 is 0 Å². The van der Waals surface area contributed by atoms with Crippen molar-refractivity contribution in [2.75, 3.05) is 13.6 Å². The zero-order valence-corrected chi connectivity index (χ0v) is 17.3. The molecule has 1 N–H and O–H groups in total. The van der Waals surface area contributed by atoms with E-state index in [-0.39, 0.29) is 24.9 Å². The minimum atomic E-state index is -0.154. The number of unbranched alkanes of at least 4 members (excludes halogenated alkanes) is 1. The Morgan fingerprint density at radius 2 is 1.93 bits per heavy atom. The van der Waals surface area contributed by atoms with Gasteiger partial charge in [-0.05, 0) is 37.6 Å². The van der Waals surface area contributed by atoms with E-state index in [1.54, 1.807) is 11.0 Å². The van der Waals surface area contributed by atoms with Crippen molar-refractivity contribution in [1.82, 2.24) is 19.8 Å². The Kier molecular flexibility index (Phi) is 6.65. The molecule has 0 unspecified atom stereocenters. The number of aromatic nitrogens is 2. The number of nitrogens with zero attached hydrogens (tertiary/aromatic N) is 3. The third-order valence-electron chi connectivity index (χ3n) is 4.99. The van der Waals surface area contributed by atoms with Crippen LogP contribution in [0.25, 0.3) is 11.0 Å². The molecule has 152 valence electrons. The highest BCUT2D eigenvalue weighted by atomic mass is 16.2. The second-order valence-electron chi connectivity index (χ2n) is 7.32. The van der Waals surface area contributed by atoms with Crippen LogP contribution in [0.1, 0.15) is 41.5 Å². The summed E-state index contributed by atoms with van der Waals surface area (Å²) in [5.41, 5.74) is 3.36. The van der Waals surface area contributed by atoms with Gasteiger partial charge in [-0.15, -0.1) is 0 Å². The molecule has 0 spiro atoms. The van der Waals surface area contributed by atoms with E-state index in [9.17, 15) is 9.59 Å². The van der Waals surface area contributed by atoms with Crippen LogP contribution in [0, 0.1) is 6.92 Å². The highest BCUT2D eigenvalue weighted by Gasteiger charge is 2.17. The highest BCUT2D eigenvalue weighted by molar-refractivity contribution is 5.94. The highest BCUT2D eigenvalue weighted by Crippen LogP contribution is 2.17. The fraction of sp³-hybridized carbons (Fsp3) is 0.348. The number of para-hydroxylation sites is 2. The first-order chi connectivity index (χ1) is 14.0. The van der Waals surface area contributed by atoms with E-state index in [4.69, 9.17) is 0 Å². The molecule has 0 aliphatic heterocycles. The minimum Gasteiger partial charge on any atom is -0.345 e. The quantitative estimate of drug-likeness (QED) is 0.638. The lowest BCUT2D eigenvalue weighted by atomic mass is 10.1. The molecule has 0 saturated carbocycles. The van der Waals surface area contributed by atoms with Crippen LogP contribution in [0.5, 0.6) is 0 Å². The van der Waals surface area contributed by atoms with Gasteiger partial charge in [0.25, 0.3) is 5.91 Å². The molecule has 2 amide bonds. The number of imidazole rings is 1. The van der Waals surface area contributed by atoms with Crippen molar-refractivity contribution in [3.63, 3.8) is 0 Å². The smallest absolute Gasteiger partial charge is 0.251 e. The SMILES string of the molecule is CCCCN(C)C(=O)Cn1c(CNC(=O)c2cccc(C)c2)nc2ccccc21. The van der Waals surface area contributed by atoms with E-state index in [1.807, 2.05) is 61.0 Å². The third-order valence-corrected chi connectivity index (χ3v) is 4.99. The predicted molar refractivity (Wildman–Crippen MR) is 115 cm³/mol. The fourth-order valence-electron chi connectivity index (χ4n) is 3.26. The van der Waals surface area contributed by atoms with E-state index < -0.39 is 0 Å². The van der Waals surface area contributed by atoms with Crippen LogP contribution in [0.15, 0.2) is 48.5 Å². The second kappa shape index (κ2) is 9.37. The molecule has 3 aromatic rings. The Bertz CT molecular complexity index is 1010. The zero-order chi connectivity index (χ0) is 20.8. The first-order valence-electron chi connectivity index (χ1n) is 10.0. The number of carbonyl (C=O) groups is 2. The molecular formula is C23H28N4O2. The molecule has 0 aliphatic carbocycles. The van der Waals surface area contributed by atoms with Crippen molar-refractivity contribution in [3.8, 4) is 0 Å². The zero-order valence-electron chi connectivity index (χ0n) is 17.3. The number of aryl methyl sites for hydroxylation is 1. The Hall–Kier alpha value is -3.15. The average Bonchev–Trinajstić information content (AvgIpc) is 3.07. The number of nitrogens with one attached hydrogen (secondary N) is 1.